The minimum atomic E-state index is -1.59. The number of guanidine groups is 1. The third-order valence-corrected chi connectivity index (χ3v) is 24.1. The Morgan fingerprint density at radius 2 is 1.27 bits per heavy atom. The standard InChI is InChI=1S/C52H91N15O12.C43H60N12O8/c1-3-4-21-40(37(2)69)61-49(74)39(53)20-18-19-26-57-50(75)42(31-38-32-55-36-59-38)63-51(76)41(24-25-44(54)70)62-52(77)43(34-68)60-47(72)33-58-48(73)35-79-30-29-78-28-27-56-46(71)23-17-15-13-11-9-7-5-6-8-10-12-14-16-22-45-64-66-67-65-45;1-47-32-16-17-36(57)48-18-8-7-14-30(37(44)58)51-40(61)34(21-26-23-50-29-13-6-5-12-28(26)29)53-38(59)31(15-9-19-49-43(45)46)52-39(60)33(20-25-10-3-2-4-11-25)54-41(62)35-22-27(56)24-55(35)42(32)63/h32,36,39-43,68H,3-31,33-35,53H2,1-2H3,(H2,54,70)(H,55,59)(H,56,71)(H,57,75)(H,58,73)(H,60,72)(H,61,74)(H,62,77)(H,63,76)(H,64,65,66,67);2-6,10-13,23,27,30-35,47,50,56H,7-9,14-22,24H2,1H3,(H2,44,58)(H,48,57)(H,51,61)(H,52,60)(H,53,59)(H,54,62)(H4,45,46,49)/t39-,40-,41-,42-,43-;27-,30+,31+,32+,33-,34+,35+/m01/s1. The fourth-order valence-corrected chi connectivity index (χ4v) is 16.0. The van der Waals surface area contributed by atoms with Crippen molar-refractivity contribution in [3.05, 3.63) is 96.0 Å². The molecule has 0 saturated carbocycles. The van der Waals surface area contributed by atoms with Crippen LogP contribution in [0.5, 0.6) is 0 Å². The number of unbranched alkanes of at least 4 members (excludes halogenated alkanes) is 14. The zero-order chi connectivity index (χ0) is 103. The lowest BCUT2D eigenvalue weighted by Gasteiger charge is -2.30. The second-order valence-corrected chi connectivity index (χ2v) is 35.6. The first-order chi connectivity index (χ1) is 68.4. The van der Waals surface area contributed by atoms with Crippen molar-refractivity contribution in [2.45, 2.75) is 305 Å². The number of H-pyrrole nitrogens is 3. The Hall–Kier alpha value is -13.0. The number of nitrogens with two attached hydrogens (primary N) is 5. The molecule has 15 amide bonds. The molecule has 2 aromatic carbocycles. The number of nitrogens with zero attached hydrogens (tertiary/aromatic N) is 6. The number of ketones is 1. The number of aromatic nitrogens is 7. The van der Waals surface area contributed by atoms with Crippen molar-refractivity contribution in [2.24, 2.45) is 33.7 Å². The zero-order valence-electron chi connectivity index (χ0n) is 82.0. The first-order valence-corrected chi connectivity index (χ1v) is 49.5. The Balaban J connectivity index is 0.000000445. The summed E-state index contributed by atoms with van der Waals surface area (Å²) < 4.78 is 10.8. The van der Waals surface area contributed by atoms with Gasteiger partial charge >= 0.3 is 0 Å². The van der Waals surface area contributed by atoms with Gasteiger partial charge in [0.25, 0.3) is 0 Å². The molecule has 28 N–H and O–H groups in total. The summed E-state index contributed by atoms with van der Waals surface area (Å²) in [6.45, 7) is 2.67. The van der Waals surface area contributed by atoms with Crippen LogP contribution in [0.1, 0.15) is 229 Å². The first kappa shape index (κ1) is 118. The van der Waals surface area contributed by atoms with Gasteiger partial charge in [0.2, 0.25) is 88.6 Å². The number of fused-ring (bicyclic) bond motifs is 2. The molecule has 5 heterocycles. The van der Waals surface area contributed by atoms with Gasteiger partial charge in [-0.15, -0.1) is 10.2 Å². The van der Waals surface area contributed by atoms with Crippen molar-refractivity contribution in [1.82, 2.24) is 110 Å². The maximum atomic E-state index is 14.4. The highest BCUT2D eigenvalue weighted by Crippen LogP contribution is 2.24. The normalized spacial score (nSPS) is 18.4. The summed E-state index contributed by atoms with van der Waals surface area (Å²) in [5.74, 6) is -9.28. The average molecular weight is 1990 g/mol. The van der Waals surface area contributed by atoms with E-state index in [1.807, 2.05) is 31.2 Å². The number of aliphatic imine (C=N–C) groups is 1. The number of aliphatic hydroxyl groups excluding tert-OH is 2. The number of hydrogen-bond donors (Lipinski definition) is 23. The molecule has 2 fully saturated rings. The number of aromatic amines is 3. The van der Waals surface area contributed by atoms with Crippen LogP contribution in [0.15, 0.2) is 78.3 Å². The van der Waals surface area contributed by atoms with Crippen LogP contribution in [0.2, 0.25) is 0 Å². The van der Waals surface area contributed by atoms with Crippen LogP contribution in [0.25, 0.3) is 10.9 Å². The molecule has 12 atom stereocenters. The van der Waals surface area contributed by atoms with E-state index in [1.54, 1.807) is 43.6 Å². The van der Waals surface area contributed by atoms with E-state index in [4.69, 9.17) is 38.1 Å². The third kappa shape index (κ3) is 46.6. The highest BCUT2D eigenvalue weighted by molar-refractivity contribution is 5.99. The first-order valence-electron chi connectivity index (χ1n) is 49.5. The van der Waals surface area contributed by atoms with E-state index >= 15 is 0 Å². The van der Waals surface area contributed by atoms with Crippen LogP contribution in [-0.4, -0.2) is 303 Å². The number of rotatable bonds is 59. The van der Waals surface area contributed by atoms with E-state index in [-0.39, 0.29) is 147 Å². The number of carbonyl (C=O) groups excluding carboxylic acids is 16. The number of Topliss-reactive ketones (excluding diaryl/α,β-unsaturated/α-hetero) is 1. The lowest BCUT2D eigenvalue weighted by molar-refractivity contribution is -0.141. The van der Waals surface area contributed by atoms with Crippen LogP contribution >= 0.6 is 0 Å². The number of carbonyl (C=O) groups is 16. The van der Waals surface area contributed by atoms with Crippen LogP contribution in [0.4, 0.5) is 0 Å². The summed E-state index contributed by atoms with van der Waals surface area (Å²) in [5.41, 5.74) is 30.9. The lowest BCUT2D eigenvalue weighted by atomic mass is 10.0. The lowest BCUT2D eigenvalue weighted by Crippen LogP contribution is -2.60. The number of tetrazole rings is 1. The minimum absolute atomic E-state index is 0.00470. The Bertz CT molecular complexity index is 4740. The highest BCUT2D eigenvalue weighted by Gasteiger charge is 2.43. The van der Waals surface area contributed by atoms with Gasteiger partial charge in [0.05, 0.1) is 63.5 Å². The largest absolute Gasteiger partial charge is 0.394 e. The molecular formula is C95H151N27O20. The number of aryl methyl sites for hydroxylation is 1. The summed E-state index contributed by atoms with van der Waals surface area (Å²) in [7, 11) is 1.55. The second kappa shape index (κ2) is 67.4. The minimum Gasteiger partial charge on any atom is -0.394 e. The predicted molar refractivity (Wildman–Crippen MR) is 525 cm³/mol. The topological polar surface area (TPSA) is 733 Å². The van der Waals surface area contributed by atoms with Gasteiger partial charge in [-0.05, 0) is 115 Å². The van der Waals surface area contributed by atoms with E-state index in [1.165, 1.54) is 82.1 Å². The molecule has 2 aliphatic heterocycles. The number of para-hydroxylation sites is 1. The summed E-state index contributed by atoms with van der Waals surface area (Å²) >= 11 is 0. The van der Waals surface area contributed by atoms with Gasteiger partial charge in [0, 0.05) is 113 Å². The molecule has 0 aliphatic carbocycles. The van der Waals surface area contributed by atoms with Gasteiger partial charge in [0.15, 0.2) is 17.6 Å². The summed E-state index contributed by atoms with van der Waals surface area (Å²) in [4.78, 5) is 226. The van der Waals surface area contributed by atoms with E-state index in [0.29, 0.717) is 61.9 Å². The molecule has 47 nitrogen and oxygen atoms in total. The van der Waals surface area contributed by atoms with Gasteiger partial charge < -0.3 is 132 Å². The number of ether oxygens (including phenoxy) is 2. The van der Waals surface area contributed by atoms with E-state index in [9.17, 15) is 86.9 Å². The predicted octanol–water partition coefficient (Wildman–Crippen LogP) is -1.91. The molecule has 3 aromatic heterocycles. The molecule has 2 aliphatic rings. The molecule has 2 saturated heterocycles. The van der Waals surface area contributed by atoms with Gasteiger partial charge in [-0.25, -0.2) is 4.98 Å². The van der Waals surface area contributed by atoms with Crippen molar-refractivity contribution in [3.63, 3.8) is 0 Å². The second-order valence-electron chi connectivity index (χ2n) is 35.6. The molecule has 47 heteroatoms. The number of aliphatic hydroxyl groups is 2. The smallest absolute Gasteiger partial charge is 0.246 e. The third-order valence-electron chi connectivity index (χ3n) is 24.1. The monoisotopic (exact) mass is 1990 g/mol. The number of nitrogens with one attached hydrogen (secondary N) is 16. The fraction of sp³-hybridized carbons (Fsp3) is 0.632. The number of imidazole rings is 1. The SMILES string of the molecule is CCCC[C@H](NC(=O)[C@@H](N)CCCCNC(=O)[C@H](Cc1cnc[nH]1)NC(=O)[C@H](CCC(N)=O)NC(=O)[C@H](CO)NC(=O)CNC(=O)COCCOCCNC(=O)CCCCCCCCCCCCCCCc1nn[nH]n1)C(C)=O.CN[C@H]1CCC(=O)NCCCC[C@@H](C(N)=O)NC(=O)[C@H](Cc2c[nH]c3ccccc23)NC(=O)[C@H](CCCN=C(N)N)NC(=O)[C@@H](Cc2ccccc2)NC(=O)[C@@H]2C[C@@H](O)CN2C1=O. The number of likely N-dealkylation sites (N-methyl/N-ethyl adjacent to an activating group) is 1. The number of primary amides is 2. The molecule has 0 radical (unpaired) electrons. The summed E-state index contributed by atoms with van der Waals surface area (Å²) in [6, 6.07) is 3.57. The molecule has 786 valence electrons. The van der Waals surface area contributed by atoms with E-state index < -0.39 is 169 Å². The quantitative estimate of drug-likeness (QED) is 0.0115. The molecule has 7 rings (SSSR count). The molecule has 142 heavy (non-hydrogen) atoms. The van der Waals surface area contributed by atoms with Crippen molar-refractivity contribution >= 4 is 111 Å². The Morgan fingerprint density at radius 1 is 0.613 bits per heavy atom. The maximum absolute atomic E-state index is 14.4. The number of benzene rings is 2. The van der Waals surface area contributed by atoms with Crippen LogP contribution < -0.4 is 97.8 Å². The zero-order valence-corrected chi connectivity index (χ0v) is 82.0. The highest BCUT2D eigenvalue weighted by atomic mass is 16.5. The number of hydrogen-bond acceptors (Lipinski definition) is 27. The molecule has 5 aromatic rings. The molecular weight excluding hydrogens is 1840 g/mol. The molecule has 0 bridgehead atoms. The van der Waals surface area contributed by atoms with E-state index in [2.05, 4.69) is 110 Å². The van der Waals surface area contributed by atoms with Gasteiger partial charge in [0.1, 0.15) is 54.9 Å². The van der Waals surface area contributed by atoms with Crippen LogP contribution in [0.3, 0.4) is 0 Å². The Morgan fingerprint density at radius 3 is 1.94 bits per heavy atom. The van der Waals surface area contributed by atoms with Crippen LogP contribution in [0, 0.1) is 0 Å². The summed E-state index contributed by atoms with van der Waals surface area (Å²) in [6.07, 6.45) is 23.9. The fourth-order valence-electron chi connectivity index (χ4n) is 16.0. The van der Waals surface area contributed by atoms with Crippen LogP contribution in [-0.2, 0) is 112 Å². The molecule has 0 unspecified atom stereocenters. The average Bonchev–Trinajstić information content (AvgIpc) is 1.67. The van der Waals surface area contributed by atoms with Crippen molar-refractivity contribution in [1.29, 1.82) is 0 Å². The van der Waals surface area contributed by atoms with Crippen molar-refractivity contribution in [2.75, 3.05) is 79.4 Å². The Labute approximate surface area is 827 Å². The van der Waals surface area contributed by atoms with E-state index in [0.717, 1.165) is 61.7 Å². The van der Waals surface area contributed by atoms with Gasteiger partial charge in [-0.2, -0.15) is 5.21 Å². The number of amides is 15. The van der Waals surface area contributed by atoms with Crippen molar-refractivity contribution in [3.8, 4) is 0 Å². The Kier molecular flexibility index (Phi) is 55.9. The van der Waals surface area contributed by atoms with Gasteiger partial charge in [-0.3, -0.25) is 81.7 Å². The maximum Gasteiger partial charge on any atom is 0.246 e. The van der Waals surface area contributed by atoms with Gasteiger partial charge in [-0.1, -0.05) is 144 Å². The van der Waals surface area contributed by atoms with Crippen molar-refractivity contribution < 1.29 is 96.4 Å². The summed E-state index contributed by atoms with van der Waals surface area (Å²) in [5, 5.41) is 70.2. The molecule has 0 spiro atoms.